The van der Waals surface area contributed by atoms with E-state index in [0.717, 1.165) is 0 Å². The third kappa shape index (κ3) is 3.99. The van der Waals surface area contributed by atoms with E-state index in [1.165, 1.54) is 12.1 Å². The summed E-state index contributed by atoms with van der Waals surface area (Å²) in [5.41, 5.74) is -0.341. The predicted molar refractivity (Wildman–Crippen MR) is 111 cm³/mol. The molecule has 3 aromatic rings. The number of nitrogens with one attached hydrogen (secondary N) is 1. The number of anilines is 2. The van der Waals surface area contributed by atoms with Crippen molar-refractivity contribution in [2.24, 2.45) is 0 Å². The number of rotatable bonds is 5. The lowest BCUT2D eigenvalue weighted by Crippen LogP contribution is -2.22. The fourth-order valence-electron chi connectivity index (χ4n) is 2.84. The van der Waals surface area contributed by atoms with E-state index in [-0.39, 0.29) is 21.4 Å². The molecule has 0 atom stereocenters. The largest absolute Gasteiger partial charge is 0.477 e. The average molecular weight is 439 g/mol. The third-order valence-corrected chi connectivity index (χ3v) is 4.96. The summed E-state index contributed by atoms with van der Waals surface area (Å²) >= 11 is 18.0. The predicted octanol–water partition coefficient (Wildman–Crippen LogP) is 5.33. The molecule has 0 saturated carbocycles. The van der Waals surface area contributed by atoms with E-state index in [2.05, 4.69) is 10.3 Å². The van der Waals surface area contributed by atoms with Crippen molar-refractivity contribution in [1.29, 1.82) is 0 Å². The Balaban J connectivity index is 2.28. The Morgan fingerprint density at radius 3 is 2.50 bits per heavy atom. The first-order valence-corrected chi connectivity index (χ1v) is 9.31. The highest BCUT2D eigenvalue weighted by Gasteiger charge is 2.22. The molecule has 2 N–H and O–H groups in total. The van der Waals surface area contributed by atoms with Gasteiger partial charge < -0.3 is 15.0 Å². The zero-order valence-electron chi connectivity index (χ0n) is 14.5. The molecule has 0 amide bonds. The molecule has 2 aromatic heterocycles. The summed E-state index contributed by atoms with van der Waals surface area (Å²) in [4.78, 5) is 28.6. The molecule has 0 spiro atoms. The van der Waals surface area contributed by atoms with E-state index in [1.54, 1.807) is 34.9 Å². The van der Waals surface area contributed by atoms with Gasteiger partial charge in [-0.2, -0.15) is 0 Å². The van der Waals surface area contributed by atoms with Crippen molar-refractivity contribution in [3.8, 4) is 11.3 Å². The van der Waals surface area contributed by atoms with Crippen LogP contribution in [0.5, 0.6) is 0 Å². The minimum absolute atomic E-state index is 0.214. The molecule has 0 saturated heterocycles. The molecule has 0 aliphatic rings. The van der Waals surface area contributed by atoms with Crippen LogP contribution in [0, 0.1) is 0 Å². The zero-order chi connectivity index (χ0) is 20.4. The first kappa shape index (κ1) is 20.2. The summed E-state index contributed by atoms with van der Waals surface area (Å²) in [6.07, 6.45) is 0. The van der Waals surface area contributed by atoms with Gasteiger partial charge in [-0.3, -0.25) is 4.79 Å². The summed E-state index contributed by atoms with van der Waals surface area (Å²) in [6, 6.07) is 10.9. The molecule has 0 bridgehead atoms. The van der Waals surface area contributed by atoms with Gasteiger partial charge in [0.1, 0.15) is 22.4 Å². The number of carboxylic acid groups (broad SMARTS) is 1. The molecular weight excluding hydrogens is 425 g/mol. The van der Waals surface area contributed by atoms with Crippen molar-refractivity contribution in [1.82, 2.24) is 9.55 Å². The molecule has 9 heteroatoms. The van der Waals surface area contributed by atoms with Crippen molar-refractivity contribution >= 4 is 52.4 Å². The molecule has 144 valence electrons. The van der Waals surface area contributed by atoms with Crippen molar-refractivity contribution < 1.29 is 9.90 Å². The lowest BCUT2D eigenvalue weighted by molar-refractivity contribution is 0.0695. The monoisotopic (exact) mass is 437 g/mol. The Kier molecular flexibility index (Phi) is 5.93. The standard InChI is InChI=1S/C19H14Cl3N3O3/c1-2-25-16(24-15-5-3-4-14(22)23-15)9-13(26)17(19(27)28)18(25)10-6-7-11(20)12(21)8-10/h3-9H,2H2,1H3,(H,23,24)(H,27,28). The second-order valence-electron chi connectivity index (χ2n) is 5.77. The van der Waals surface area contributed by atoms with Gasteiger partial charge in [-0.25, -0.2) is 9.78 Å². The van der Waals surface area contributed by atoms with Gasteiger partial charge in [-0.1, -0.05) is 46.9 Å². The fourth-order valence-corrected chi connectivity index (χ4v) is 3.30. The van der Waals surface area contributed by atoms with Gasteiger partial charge in [0.2, 0.25) is 0 Å². The normalized spacial score (nSPS) is 10.7. The molecule has 3 rings (SSSR count). The average Bonchev–Trinajstić information content (AvgIpc) is 2.63. The Morgan fingerprint density at radius 1 is 1.14 bits per heavy atom. The Morgan fingerprint density at radius 2 is 1.89 bits per heavy atom. The quantitative estimate of drug-likeness (QED) is 0.526. The maximum atomic E-state index is 12.6. The first-order chi connectivity index (χ1) is 13.3. The topological polar surface area (TPSA) is 84.2 Å². The van der Waals surface area contributed by atoms with Gasteiger partial charge in [-0.15, -0.1) is 0 Å². The van der Waals surface area contributed by atoms with Crippen LogP contribution in [0.4, 0.5) is 11.6 Å². The van der Waals surface area contributed by atoms with Crippen LogP contribution < -0.4 is 10.7 Å². The highest BCUT2D eigenvalue weighted by Crippen LogP contribution is 2.32. The van der Waals surface area contributed by atoms with E-state index in [9.17, 15) is 14.7 Å². The van der Waals surface area contributed by atoms with Crippen LogP contribution in [0.3, 0.4) is 0 Å². The highest BCUT2D eigenvalue weighted by atomic mass is 35.5. The van der Waals surface area contributed by atoms with Crippen molar-refractivity contribution in [3.05, 3.63) is 73.4 Å². The van der Waals surface area contributed by atoms with Crippen LogP contribution in [0.15, 0.2) is 47.3 Å². The van der Waals surface area contributed by atoms with E-state index >= 15 is 0 Å². The molecule has 0 radical (unpaired) electrons. The van der Waals surface area contributed by atoms with Crippen LogP contribution in [0.25, 0.3) is 11.3 Å². The highest BCUT2D eigenvalue weighted by molar-refractivity contribution is 6.42. The van der Waals surface area contributed by atoms with E-state index < -0.39 is 11.4 Å². The second kappa shape index (κ2) is 8.22. The van der Waals surface area contributed by atoms with E-state index in [1.807, 2.05) is 6.92 Å². The number of nitrogens with zero attached hydrogens (tertiary/aromatic N) is 2. The Hall–Kier alpha value is -2.54. The second-order valence-corrected chi connectivity index (χ2v) is 6.97. The van der Waals surface area contributed by atoms with Crippen molar-refractivity contribution in [2.75, 3.05) is 5.32 Å². The van der Waals surface area contributed by atoms with Gasteiger partial charge in [0.05, 0.1) is 15.7 Å². The van der Waals surface area contributed by atoms with E-state index in [4.69, 9.17) is 34.8 Å². The maximum absolute atomic E-state index is 12.6. The van der Waals surface area contributed by atoms with Crippen molar-refractivity contribution in [2.45, 2.75) is 13.5 Å². The molecule has 0 aliphatic heterocycles. The van der Waals surface area contributed by atoms with Gasteiger partial charge >= 0.3 is 5.97 Å². The molecule has 0 unspecified atom stereocenters. The Labute approximate surface area is 175 Å². The minimum atomic E-state index is -1.33. The van der Waals surface area contributed by atoms with E-state index in [0.29, 0.717) is 28.8 Å². The van der Waals surface area contributed by atoms with Gasteiger partial charge in [0.25, 0.3) is 0 Å². The summed E-state index contributed by atoms with van der Waals surface area (Å²) in [5.74, 6) is -0.550. The number of pyridine rings is 2. The summed E-state index contributed by atoms with van der Waals surface area (Å²) in [6.45, 7) is 2.20. The number of carbonyl (C=O) groups is 1. The van der Waals surface area contributed by atoms with Crippen LogP contribution in [-0.2, 0) is 6.54 Å². The lowest BCUT2D eigenvalue weighted by Gasteiger charge is -2.20. The van der Waals surface area contributed by atoms with Gasteiger partial charge in [0, 0.05) is 18.2 Å². The zero-order valence-corrected chi connectivity index (χ0v) is 16.8. The number of halogens is 3. The first-order valence-electron chi connectivity index (χ1n) is 8.18. The number of hydrogen-bond donors (Lipinski definition) is 2. The van der Waals surface area contributed by atoms with Crippen LogP contribution in [0.1, 0.15) is 17.3 Å². The van der Waals surface area contributed by atoms with Gasteiger partial charge in [0.15, 0.2) is 5.43 Å². The molecule has 0 fully saturated rings. The maximum Gasteiger partial charge on any atom is 0.341 e. The summed E-state index contributed by atoms with van der Waals surface area (Å²) in [7, 11) is 0. The smallest absolute Gasteiger partial charge is 0.341 e. The lowest BCUT2D eigenvalue weighted by atomic mass is 10.0. The number of benzene rings is 1. The minimum Gasteiger partial charge on any atom is -0.477 e. The molecular formula is C19H14Cl3N3O3. The fraction of sp³-hybridized carbons (Fsp3) is 0.105. The summed E-state index contributed by atoms with van der Waals surface area (Å²) in [5, 5.41) is 13.5. The van der Waals surface area contributed by atoms with Crippen LogP contribution >= 0.6 is 34.8 Å². The molecule has 28 heavy (non-hydrogen) atoms. The van der Waals surface area contributed by atoms with Crippen LogP contribution in [0.2, 0.25) is 15.2 Å². The molecule has 2 heterocycles. The van der Waals surface area contributed by atoms with Crippen LogP contribution in [-0.4, -0.2) is 20.6 Å². The molecule has 0 aliphatic carbocycles. The molecule has 6 nitrogen and oxygen atoms in total. The number of hydrogen-bond acceptors (Lipinski definition) is 4. The van der Waals surface area contributed by atoms with Crippen molar-refractivity contribution in [3.63, 3.8) is 0 Å². The third-order valence-electron chi connectivity index (χ3n) is 4.01. The summed E-state index contributed by atoms with van der Waals surface area (Å²) < 4.78 is 1.66. The molecule has 1 aromatic carbocycles. The number of aromatic carboxylic acids is 1. The SMILES string of the molecule is CCn1c(Nc2cccc(Cl)n2)cc(=O)c(C(=O)O)c1-c1ccc(Cl)c(Cl)c1. The Bertz CT molecular complexity index is 1130. The number of carboxylic acids is 1. The number of aromatic nitrogens is 2. The van der Waals surface area contributed by atoms with Gasteiger partial charge in [-0.05, 0) is 31.2 Å².